The molecule has 2 aromatic carbocycles. The van der Waals surface area contributed by atoms with Crippen LogP contribution < -0.4 is 5.32 Å². The largest absolute Gasteiger partial charge is 0.462 e. The van der Waals surface area contributed by atoms with Crippen molar-refractivity contribution in [1.82, 2.24) is 0 Å². The van der Waals surface area contributed by atoms with Gasteiger partial charge in [-0.3, -0.25) is 4.79 Å². The molecule has 1 amide bonds. The molecular formula is C23H16Cl2N2O4. The second-order valence-corrected chi connectivity index (χ2v) is 7.09. The van der Waals surface area contributed by atoms with Crippen LogP contribution in [0.3, 0.4) is 0 Å². The molecule has 31 heavy (non-hydrogen) atoms. The minimum atomic E-state index is -0.650. The van der Waals surface area contributed by atoms with Crippen LogP contribution in [0.2, 0.25) is 10.0 Å². The highest BCUT2D eigenvalue weighted by Crippen LogP contribution is 2.27. The van der Waals surface area contributed by atoms with Crippen LogP contribution in [0.5, 0.6) is 0 Å². The number of benzene rings is 2. The number of furan rings is 1. The number of carbonyl (C=O) groups is 2. The second-order valence-electron chi connectivity index (χ2n) is 6.25. The van der Waals surface area contributed by atoms with E-state index in [0.717, 1.165) is 5.56 Å². The fourth-order valence-electron chi connectivity index (χ4n) is 2.64. The van der Waals surface area contributed by atoms with Gasteiger partial charge in [0.1, 0.15) is 23.2 Å². The third kappa shape index (κ3) is 5.54. The van der Waals surface area contributed by atoms with E-state index in [-0.39, 0.29) is 5.57 Å². The lowest BCUT2D eigenvalue weighted by atomic mass is 10.1. The molecule has 1 aromatic heterocycles. The molecule has 0 spiro atoms. The molecule has 0 bridgehead atoms. The van der Waals surface area contributed by atoms with Gasteiger partial charge in [0.05, 0.1) is 22.9 Å². The molecule has 8 heteroatoms. The zero-order valence-corrected chi connectivity index (χ0v) is 17.8. The summed E-state index contributed by atoms with van der Waals surface area (Å²) >= 11 is 12.0. The Bertz CT molecular complexity index is 1190. The van der Waals surface area contributed by atoms with E-state index in [9.17, 15) is 14.9 Å². The molecule has 156 valence electrons. The predicted molar refractivity (Wildman–Crippen MR) is 119 cm³/mol. The average molecular weight is 455 g/mol. The van der Waals surface area contributed by atoms with Crippen LogP contribution >= 0.6 is 23.2 Å². The van der Waals surface area contributed by atoms with Gasteiger partial charge in [0.2, 0.25) is 0 Å². The number of esters is 1. The van der Waals surface area contributed by atoms with Gasteiger partial charge in [-0.2, -0.15) is 5.26 Å². The molecule has 1 heterocycles. The number of nitrogens with zero attached hydrogens (tertiary/aromatic N) is 1. The number of amides is 1. The van der Waals surface area contributed by atoms with E-state index < -0.39 is 11.9 Å². The number of nitrogens with one attached hydrogen (secondary N) is 1. The number of rotatable bonds is 6. The highest BCUT2D eigenvalue weighted by Gasteiger charge is 2.14. The fraction of sp³-hybridized carbons (Fsp3) is 0.0870. The normalized spacial score (nSPS) is 11.0. The Morgan fingerprint density at radius 1 is 1.13 bits per heavy atom. The molecule has 0 atom stereocenters. The van der Waals surface area contributed by atoms with Crippen LogP contribution in [0.4, 0.5) is 5.69 Å². The molecule has 0 saturated carbocycles. The predicted octanol–water partition coefficient (Wildman–Crippen LogP) is 5.98. The summed E-state index contributed by atoms with van der Waals surface area (Å²) in [6.45, 7) is 2.04. The molecule has 0 saturated heterocycles. The zero-order valence-electron chi connectivity index (χ0n) is 16.3. The lowest BCUT2D eigenvalue weighted by Gasteiger charge is -2.06. The summed E-state index contributed by atoms with van der Waals surface area (Å²) in [6.07, 6.45) is 1.32. The Hall–Kier alpha value is -3.53. The van der Waals surface area contributed by atoms with Gasteiger partial charge in [0, 0.05) is 16.7 Å². The monoisotopic (exact) mass is 454 g/mol. The van der Waals surface area contributed by atoms with Gasteiger partial charge >= 0.3 is 5.97 Å². The Kier molecular flexibility index (Phi) is 7.14. The van der Waals surface area contributed by atoms with Crippen molar-refractivity contribution in [1.29, 1.82) is 5.26 Å². The summed E-state index contributed by atoms with van der Waals surface area (Å²) in [6, 6.07) is 16.5. The van der Waals surface area contributed by atoms with E-state index >= 15 is 0 Å². The molecule has 1 N–H and O–H groups in total. The third-order valence-corrected chi connectivity index (χ3v) is 4.70. The third-order valence-electron chi connectivity index (χ3n) is 4.14. The van der Waals surface area contributed by atoms with Crippen molar-refractivity contribution in [2.24, 2.45) is 0 Å². The van der Waals surface area contributed by atoms with E-state index in [1.807, 2.05) is 6.07 Å². The van der Waals surface area contributed by atoms with Crippen LogP contribution in [0.1, 0.15) is 23.0 Å². The Morgan fingerprint density at radius 3 is 2.55 bits per heavy atom. The van der Waals surface area contributed by atoms with Crippen molar-refractivity contribution in [3.63, 3.8) is 0 Å². The number of anilines is 1. The molecular weight excluding hydrogens is 439 g/mol. The zero-order chi connectivity index (χ0) is 22.4. The highest BCUT2D eigenvalue weighted by atomic mass is 35.5. The molecule has 3 rings (SSSR count). The molecule has 0 aliphatic carbocycles. The van der Waals surface area contributed by atoms with E-state index in [4.69, 9.17) is 32.4 Å². The van der Waals surface area contributed by atoms with E-state index in [0.29, 0.717) is 39.4 Å². The van der Waals surface area contributed by atoms with Gasteiger partial charge < -0.3 is 14.5 Å². The SMILES string of the molecule is CCOC(=O)c1ccc(-c2ccc(/C=C(\C#N)C(=O)Nc3cc(Cl)ccc3Cl)o2)cc1. The van der Waals surface area contributed by atoms with Gasteiger partial charge in [0.15, 0.2) is 0 Å². The molecule has 3 aromatic rings. The first-order valence-corrected chi connectivity index (χ1v) is 9.92. The number of hydrogen-bond acceptors (Lipinski definition) is 5. The van der Waals surface area contributed by atoms with Gasteiger partial charge in [-0.1, -0.05) is 35.3 Å². The minimum absolute atomic E-state index is 0.172. The summed E-state index contributed by atoms with van der Waals surface area (Å²) in [4.78, 5) is 24.2. The van der Waals surface area contributed by atoms with Crippen LogP contribution in [0, 0.1) is 11.3 Å². The van der Waals surface area contributed by atoms with Gasteiger partial charge in [-0.05, 0) is 49.4 Å². The topological polar surface area (TPSA) is 92.3 Å². The lowest BCUT2D eigenvalue weighted by molar-refractivity contribution is -0.112. The summed E-state index contributed by atoms with van der Waals surface area (Å²) < 4.78 is 10.7. The van der Waals surface area contributed by atoms with Crippen LogP contribution in [-0.2, 0) is 9.53 Å². The molecule has 0 fully saturated rings. The minimum Gasteiger partial charge on any atom is -0.462 e. The van der Waals surface area contributed by atoms with Crippen molar-refractivity contribution < 1.29 is 18.7 Å². The molecule has 6 nitrogen and oxygen atoms in total. The summed E-state index contributed by atoms with van der Waals surface area (Å²) in [5.74, 6) is -0.226. The molecule has 0 radical (unpaired) electrons. The first-order chi connectivity index (χ1) is 14.9. The van der Waals surface area contributed by atoms with Crippen molar-refractivity contribution >= 4 is 46.8 Å². The highest BCUT2D eigenvalue weighted by molar-refractivity contribution is 6.36. The maximum atomic E-state index is 12.5. The van der Waals surface area contributed by atoms with E-state index in [1.165, 1.54) is 12.1 Å². The van der Waals surface area contributed by atoms with Gasteiger partial charge in [0.25, 0.3) is 5.91 Å². The maximum absolute atomic E-state index is 12.5. The number of nitriles is 1. The Balaban J connectivity index is 1.77. The standard InChI is InChI=1S/C23H16Cl2N2O4/c1-2-30-23(29)15-5-3-14(4-6-15)21-10-8-18(31-21)11-16(13-26)22(28)27-20-12-17(24)7-9-19(20)25/h3-12H,2H2,1H3,(H,27,28)/b16-11+. The van der Waals surface area contributed by atoms with Crippen LogP contribution in [0.25, 0.3) is 17.4 Å². The van der Waals surface area contributed by atoms with Gasteiger partial charge in [-0.25, -0.2) is 4.79 Å². The molecule has 0 aliphatic heterocycles. The van der Waals surface area contributed by atoms with E-state index in [1.54, 1.807) is 55.5 Å². The van der Waals surface area contributed by atoms with E-state index in [2.05, 4.69) is 5.32 Å². The van der Waals surface area contributed by atoms with Gasteiger partial charge in [-0.15, -0.1) is 0 Å². The Morgan fingerprint density at radius 2 is 1.87 bits per heavy atom. The quantitative estimate of drug-likeness (QED) is 0.281. The van der Waals surface area contributed by atoms with Crippen molar-refractivity contribution in [2.45, 2.75) is 6.92 Å². The smallest absolute Gasteiger partial charge is 0.338 e. The first-order valence-electron chi connectivity index (χ1n) is 9.17. The lowest BCUT2D eigenvalue weighted by Crippen LogP contribution is -2.13. The Labute approximate surface area is 188 Å². The number of hydrogen-bond donors (Lipinski definition) is 1. The summed E-state index contributed by atoms with van der Waals surface area (Å²) in [5.41, 5.74) is 1.28. The number of carbonyl (C=O) groups excluding carboxylic acids is 2. The number of ether oxygens (including phenoxy) is 1. The maximum Gasteiger partial charge on any atom is 0.338 e. The molecule has 0 unspecified atom stereocenters. The second kappa shape index (κ2) is 9.98. The van der Waals surface area contributed by atoms with Crippen LogP contribution in [0.15, 0.2) is 64.6 Å². The summed E-state index contributed by atoms with van der Waals surface area (Å²) in [5, 5.41) is 12.6. The average Bonchev–Trinajstić information content (AvgIpc) is 3.23. The first kappa shape index (κ1) is 22.2. The van der Waals surface area contributed by atoms with Crippen LogP contribution in [-0.4, -0.2) is 18.5 Å². The fourth-order valence-corrected chi connectivity index (χ4v) is 2.98. The molecule has 0 aliphatic rings. The van der Waals surface area contributed by atoms with Crippen molar-refractivity contribution in [2.75, 3.05) is 11.9 Å². The van der Waals surface area contributed by atoms with Crippen molar-refractivity contribution in [3.05, 3.63) is 81.5 Å². The summed E-state index contributed by atoms with van der Waals surface area (Å²) in [7, 11) is 0. The number of halogens is 2. The van der Waals surface area contributed by atoms with Crippen molar-refractivity contribution in [3.8, 4) is 17.4 Å².